The summed E-state index contributed by atoms with van der Waals surface area (Å²) in [5.74, 6) is 1.30. The van der Waals surface area contributed by atoms with Crippen LogP contribution < -0.4 is 11.1 Å². The third-order valence-electron chi connectivity index (χ3n) is 2.14. The van der Waals surface area contributed by atoms with Gasteiger partial charge in [0, 0.05) is 18.2 Å². The second kappa shape index (κ2) is 6.27. The molecular formula is C9H18N2OS. The van der Waals surface area contributed by atoms with Gasteiger partial charge in [-0.15, -0.1) is 0 Å². The molecule has 76 valence electrons. The Bertz CT molecular complexity index is 164. The molecule has 3 N–H and O–H groups in total. The summed E-state index contributed by atoms with van der Waals surface area (Å²) < 4.78 is 0. The predicted molar refractivity (Wildman–Crippen MR) is 56.8 cm³/mol. The van der Waals surface area contributed by atoms with Crippen LogP contribution >= 0.6 is 11.8 Å². The van der Waals surface area contributed by atoms with E-state index in [0.29, 0.717) is 11.7 Å². The van der Waals surface area contributed by atoms with E-state index < -0.39 is 0 Å². The number of hydrogen-bond donors (Lipinski definition) is 2. The Morgan fingerprint density at radius 3 is 3.23 bits per heavy atom. The minimum atomic E-state index is 0.211. The number of rotatable bonds is 4. The van der Waals surface area contributed by atoms with Crippen molar-refractivity contribution in [1.82, 2.24) is 5.32 Å². The summed E-state index contributed by atoms with van der Waals surface area (Å²) in [5.41, 5.74) is 5.41. The third-order valence-corrected chi connectivity index (χ3v) is 3.54. The molecule has 4 heteroatoms. The van der Waals surface area contributed by atoms with Gasteiger partial charge in [-0.1, -0.05) is 0 Å². The van der Waals surface area contributed by atoms with Crippen LogP contribution in [0.15, 0.2) is 0 Å². The van der Waals surface area contributed by atoms with Crippen LogP contribution in [0.2, 0.25) is 0 Å². The van der Waals surface area contributed by atoms with E-state index in [1.807, 2.05) is 11.8 Å². The lowest BCUT2D eigenvalue weighted by Gasteiger charge is -2.11. The number of carbonyl (C=O) groups is 1. The van der Waals surface area contributed by atoms with Crippen molar-refractivity contribution >= 4 is 17.7 Å². The van der Waals surface area contributed by atoms with Gasteiger partial charge < -0.3 is 11.1 Å². The molecule has 0 spiro atoms. The van der Waals surface area contributed by atoms with Crippen molar-refractivity contribution < 1.29 is 4.79 Å². The van der Waals surface area contributed by atoms with E-state index in [9.17, 15) is 4.79 Å². The predicted octanol–water partition coefficient (Wildman–Crippen LogP) is 0.737. The first-order valence-electron chi connectivity index (χ1n) is 4.91. The van der Waals surface area contributed by atoms with E-state index in [4.69, 9.17) is 5.73 Å². The average molecular weight is 202 g/mol. The van der Waals surface area contributed by atoms with Gasteiger partial charge in [-0.05, 0) is 31.6 Å². The first kappa shape index (κ1) is 10.9. The monoisotopic (exact) mass is 202 g/mol. The molecule has 1 saturated heterocycles. The van der Waals surface area contributed by atoms with Gasteiger partial charge in [0.15, 0.2) is 0 Å². The molecule has 1 heterocycles. The molecule has 1 unspecified atom stereocenters. The van der Waals surface area contributed by atoms with Crippen molar-refractivity contribution in [2.24, 2.45) is 5.73 Å². The lowest BCUT2D eigenvalue weighted by molar-refractivity contribution is -0.120. The molecule has 1 aliphatic rings. The normalized spacial score (nSPS) is 23.8. The molecule has 1 aliphatic heterocycles. The molecule has 13 heavy (non-hydrogen) atoms. The van der Waals surface area contributed by atoms with Crippen LogP contribution in [0.4, 0.5) is 0 Å². The Hall–Kier alpha value is -0.220. The number of nitrogens with one attached hydrogen (secondary N) is 1. The topological polar surface area (TPSA) is 55.1 Å². The van der Waals surface area contributed by atoms with Gasteiger partial charge >= 0.3 is 0 Å². The summed E-state index contributed by atoms with van der Waals surface area (Å²) >= 11 is 1.90. The largest absolute Gasteiger partial charge is 0.356 e. The van der Waals surface area contributed by atoms with Gasteiger partial charge in [-0.2, -0.15) is 11.8 Å². The summed E-state index contributed by atoms with van der Waals surface area (Å²) in [7, 11) is 0. The molecule has 0 bridgehead atoms. The Morgan fingerprint density at radius 1 is 1.62 bits per heavy atom. The van der Waals surface area contributed by atoms with Gasteiger partial charge in [-0.25, -0.2) is 0 Å². The van der Waals surface area contributed by atoms with E-state index >= 15 is 0 Å². The van der Waals surface area contributed by atoms with Gasteiger partial charge in [0.1, 0.15) is 0 Å². The lowest BCUT2D eigenvalue weighted by atomic mass is 10.2. The van der Waals surface area contributed by atoms with Crippen molar-refractivity contribution in [2.45, 2.75) is 30.9 Å². The summed E-state index contributed by atoms with van der Waals surface area (Å²) in [6.07, 6.45) is 4.03. The zero-order valence-electron chi connectivity index (χ0n) is 7.92. The Morgan fingerprint density at radius 2 is 2.46 bits per heavy atom. The van der Waals surface area contributed by atoms with E-state index in [1.165, 1.54) is 0 Å². The Kier molecular flexibility index (Phi) is 5.23. The number of nitrogens with two attached hydrogens (primary N) is 1. The highest BCUT2D eigenvalue weighted by Gasteiger charge is 2.16. The first-order valence-corrected chi connectivity index (χ1v) is 5.96. The van der Waals surface area contributed by atoms with Gasteiger partial charge in [0.2, 0.25) is 5.91 Å². The van der Waals surface area contributed by atoms with E-state index in [0.717, 1.165) is 38.1 Å². The SMILES string of the molecule is NCCCSC1CCCNC(=O)C1. The van der Waals surface area contributed by atoms with Crippen molar-refractivity contribution in [3.63, 3.8) is 0 Å². The minimum absolute atomic E-state index is 0.211. The number of carbonyl (C=O) groups excluding carboxylic acids is 1. The Labute approximate surface area is 83.8 Å². The molecule has 1 amide bonds. The van der Waals surface area contributed by atoms with Gasteiger partial charge in [-0.3, -0.25) is 4.79 Å². The molecule has 0 aromatic carbocycles. The van der Waals surface area contributed by atoms with Crippen molar-refractivity contribution in [1.29, 1.82) is 0 Å². The van der Waals surface area contributed by atoms with Crippen LogP contribution in [0.5, 0.6) is 0 Å². The maximum atomic E-state index is 11.2. The summed E-state index contributed by atoms with van der Waals surface area (Å²) in [6, 6.07) is 0. The Balaban J connectivity index is 2.19. The molecule has 0 aromatic rings. The fourth-order valence-corrected chi connectivity index (χ4v) is 2.68. The van der Waals surface area contributed by atoms with Crippen LogP contribution in [0, 0.1) is 0 Å². The second-order valence-electron chi connectivity index (χ2n) is 3.33. The zero-order valence-corrected chi connectivity index (χ0v) is 8.74. The van der Waals surface area contributed by atoms with Crippen LogP contribution in [0.1, 0.15) is 25.7 Å². The molecule has 1 atom stereocenters. The van der Waals surface area contributed by atoms with Crippen molar-refractivity contribution in [3.05, 3.63) is 0 Å². The molecule has 3 nitrogen and oxygen atoms in total. The minimum Gasteiger partial charge on any atom is -0.356 e. The molecule has 0 radical (unpaired) electrons. The maximum Gasteiger partial charge on any atom is 0.221 e. The molecular weight excluding hydrogens is 184 g/mol. The zero-order chi connectivity index (χ0) is 9.52. The third kappa shape index (κ3) is 4.52. The van der Waals surface area contributed by atoms with Crippen LogP contribution in [-0.2, 0) is 4.79 Å². The van der Waals surface area contributed by atoms with Crippen LogP contribution in [0.3, 0.4) is 0 Å². The summed E-state index contributed by atoms with van der Waals surface area (Å²) in [4.78, 5) is 11.2. The summed E-state index contributed by atoms with van der Waals surface area (Å²) in [5, 5.41) is 3.41. The highest BCUT2D eigenvalue weighted by molar-refractivity contribution is 7.99. The second-order valence-corrected chi connectivity index (χ2v) is 4.74. The lowest BCUT2D eigenvalue weighted by Crippen LogP contribution is -2.23. The fraction of sp³-hybridized carbons (Fsp3) is 0.889. The standard InChI is InChI=1S/C9H18N2OS/c10-4-2-6-13-8-3-1-5-11-9(12)7-8/h8H,1-7,10H2,(H,11,12). The van der Waals surface area contributed by atoms with E-state index in [-0.39, 0.29) is 5.91 Å². The number of hydrogen-bond acceptors (Lipinski definition) is 3. The molecule has 1 rings (SSSR count). The smallest absolute Gasteiger partial charge is 0.221 e. The molecule has 0 saturated carbocycles. The molecule has 0 aliphatic carbocycles. The molecule has 0 aromatic heterocycles. The van der Waals surface area contributed by atoms with Crippen LogP contribution in [-0.4, -0.2) is 30.0 Å². The van der Waals surface area contributed by atoms with E-state index in [1.54, 1.807) is 0 Å². The first-order chi connectivity index (χ1) is 6.33. The highest BCUT2D eigenvalue weighted by atomic mass is 32.2. The highest BCUT2D eigenvalue weighted by Crippen LogP contribution is 2.21. The van der Waals surface area contributed by atoms with Gasteiger partial charge in [0.25, 0.3) is 0 Å². The quantitative estimate of drug-likeness (QED) is 0.661. The van der Waals surface area contributed by atoms with Crippen molar-refractivity contribution in [2.75, 3.05) is 18.8 Å². The number of thioether (sulfide) groups is 1. The average Bonchev–Trinajstić information content (AvgIpc) is 2.31. The van der Waals surface area contributed by atoms with E-state index in [2.05, 4.69) is 5.32 Å². The summed E-state index contributed by atoms with van der Waals surface area (Å²) in [6.45, 7) is 1.61. The molecule has 1 fully saturated rings. The number of amides is 1. The maximum absolute atomic E-state index is 11.2. The fourth-order valence-electron chi connectivity index (χ4n) is 1.41. The van der Waals surface area contributed by atoms with Crippen molar-refractivity contribution in [3.8, 4) is 0 Å². The van der Waals surface area contributed by atoms with Gasteiger partial charge in [0.05, 0.1) is 0 Å². The van der Waals surface area contributed by atoms with Crippen LogP contribution in [0.25, 0.3) is 0 Å².